The molecule has 3 rings (SSSR count). The molecule has 1 aromatic carbocycles. The second-order valence-electron chi connectivity index (χ2n) is 6.19. The largest absolute Gasteiger partial charge is 0.441 e. The molecular weight excluding hydrogens is 312 g/mol. The van der Waals surface area contributed by atoms with Crippen molar-refractivity contribution in [2.45, 2.75) is 33.2 Å². The van der Waals surface area contributed by atoms with Crippen molar-refractivity contribution in [1.29, 1.82) is 0 Å². The van der Waals surface area contributed by atoms with Gasteiger partial charge in [0.25, 0.3) is 0 Å². The lowest BCUT2D eigenvalue weighted by Gasteiger charge is -2.30. The zero-order valence-electron chi connectivity index (χ0n) is 13.5. The summed E-state index contributed by atoms with van der Waals surface area (Å²) in [6, 6.07) is 7.50. The van der Waals surface area contributed by atoms with Gasteiger partial charge in [-0.25, -0.2) is 4.98 Å². The third kappa shape index (κ3) is 3.82. The molecule has 2 aromatic rings. The van der Waals surface area contributed by atoms with Crippen LogP contribution in [0.2, 0.25) is 5.02 Å². The Labute approximate surface area is 141 Å². The fourth-order valence-corrected chi connectivity index (χ4v) is 3.13. The van der Waals surface area contributed by atoms with E-state index in [9.17, 15) is 4.79 Å². The van der Waals surface area contributed by atoms with Crippen LogP contribution in [0.1, 0.15) is 31.2 Å². The zero-order chi connectivity index (χ0) is 16.4. The van der Waals surface area contributed by atoms with E-state index in [1.54, 1.807) is 6.92 Å². The number of hydrogen-bond acceptors (Lipinski definition) is 4. The summed E-state index contributed by atoms with van der Waals surface area (Å²) in [5, 5.41) is 0.700. The summed E-state index contributed by atoms with van der Waals surface area (Å²) in [5.74, 6) is 2.03. The van der Waals surface area contributed by atoms with E-state index in [2.05, 4.69) is 9.88 Å². The Balaban J connectivity index is 1.67. The number of Topliss-reactive ketones (excluding diaryl/α,β-unsaturated/α-hetero) is 1. The molecule has 1 aliphatic heterocycles. The molecule has 5 heteroatoms. The average molecular weight is 333 g/mol. The summed E-state index contributed by atoms with van der Waals surface area (Å²) in [6.07, 6.45) is 1.88. The fourth-order valence-electron chi connectivity index (χ4n) is 3.00. The average Bonchev–Trinajstić information content (AvgIpc) is 2.89. The number of carbonyl (C=O) groups is 1. The molecule has 122 valence electrons. The fraction of sp³-hybridized carbons (Fsp3) is 0.444. The monoisotopic (exact) mass is 332 g/mol. The normalized spacial score (nSPS) is 16.7. The van der Waals surface area contributed by atoms with Crippen LogP contribution in [-0.4, -0.2) is 28.8 Å². The van der Waals surface area contributed by atoms with Crippen molar-refractivity contribution in [1.82, 2.24) is 9.88 Å². The van der Waals surface area contributed by atoms with E-state index in [1.807, 2.05) is 31.2 Å². The van der Waals surface area contributed by atoms with Crippen LogP contribution < -0.4 is 0 Å². The van der Waals surface area contributed by atoms with Crippen molar-refractivity contribution in [3.05, 3.63) is 40.7 Å². The SMILES string of the molecule is CC(=O)C1CCN(Cc2nc(-c3ccc(Cl)cc3)oc2C)CC1. The number of nitrogens with zero attached hydrogens (tertiary/aromatic N) is 2. The molecule has 1 saturated heterocycles. The first-order valence-electron chi connectivity index (χ1n) is 7.98. The smallest absolute Gasteiger partial charge is 0.226 e. The lowest BCUT2D eigenvalue weighted by Crippen LogP contribution is -2.35. The molecule has 0 saturated carbocycles. The van der Waals surface area contributed by atoms with E-state index in [-0.39, 0.29) is 5.92 Å². The van der Waals surface area contributed by atoms with Crippen LogP contribution in [0.4, 0.5) is 0 Å². The molecule has 1 fully saturated rings. The second-order valence-corrected chi connectivity index (χ2v) is 6.63. The van der Waals surface area contributed by atoms with E-state index in [4.69, 9.17) is 16.0 Å². The molecule has 4 nitrogen and oxygen atoms in total. The van der Waals surface area contributed by atoms with Crippen LogP contribution in [0.15, 0.2) is 28.7 Å². The number of hydrogen-bond donors (Lipinski definition) is 0. The Morgan fingerprint density at radius 1 is 1.30 bits per heavy atom. The minimum absolute atomic E-state index is 0.231. The van der Waals surface area contributed by atoms with Gasteiger partial charge in [-0.1, -0.05) is 11.6 Å². The summed E-state index contributed by atoms with van der Waals surface area (Å²) in [7, 11) is 0. The Morgan fingerprint density at radius 2 is 1.96 bits per heavy atom. The number of aryl methyl sites for hydroxylation is 1. The highest BCUT2D eigenvalue weighted by molar-refractivity contribution is 6.30. The first-order chi connectivity index (χ1) is 11.0. The van der Waals surface area contributed by atoms with Gasteiger partial charge in [-0.3, -0.25) is 9.69 Å². The van der Waals surface area contributed by atoms with Crippen molar-refractivity contribution in [3.8, 4) is 11.5 Å². The molecule has 0 bridgehead atoms. The third-order valence-electron chi connectivity index (χ3n) is 4.52. The van der Waals surface area contributed by atoms with Crippen LogP contribution in [0.3, 0.4) is 0 Å². The van der Waals surface area contributed by atoms with Gasteiger partial charge in [0, 0.05) is 23.0 Å². The van der Waals surface area contributed by atoms with Crippen LogP contribution in [0, 0.1) is 12.8 Å². The number of halogens is 1. The van der Waals surface area contributed by atoms with Crippen molar-refractivity contribution in [3.63, 3.8) is 0 Å². The predicted molar refractivity (Wildman–Crippen MR) is 90.4 cm³/mol. The number of aromatic nitrogens is 1. The van der Waals surface area contributed by atoms with Crippen molar-refractivity contribution in [2.75, 3.05) is 13.1 Å². The van der Waals surface area contributed by atoms with Gasteiger partial charge < -0.3 is 4.42 Å². The quantitative estimate of drug-likeness (QED) is 0.845. The van der Waals surface area contributed by atoms with Crippen LogP contribution in [0.25, 0.3) is 11.5 Å². The molecule has 1 aliphatic rings. The van der Waals surface area contributed by atoms with Crippen LogP contribution >= 0.6 is 11.6 Å². The zero-order valence-corrected chi connectivity index (χ0v) is 14.3. The Morgan fingerprint density at radius 3 is 2.57 bits per heavy atom. The number of ketones is 1. The summed E-state index contributed by atoms with van der Waals surface area (Å²) in [5.41, 5.74) is 1.90. The standard InChI is InChI=1S/C18H21ClN2O2/c1-12(22)14-7-9-21(10-8-14)11-17-13(2)23-18(20-17)15-3-5-16(19)6-4-15/h3-6,14H,7-11H2,1-2H3. The second kappa shape index (κ2) is 6.85. The van der Waals surface area contributed by atoms with E-state index < -0.39 is 0 Å². The molecule has 1 aromatic heterocycles. The number of likely N-dealkylation sites (tertiary alicyclic amines) is 1. The van der Waals surface area contributed by atoms with Gasteiger partial charge in [-0.2, -0.15) is 0 Å². The van der Waals surface area contributed by atoms with Gasteiger partial charge in [0.2, 0.25) is 5.89 Å². The van der Waals surface area contributed by atoms with Gasteiger partial charge in [-0.15, -0.1) is 0 Å². The van der Waals surface area contributed by atoms with Gasteiger partial charge in [-0.05, 0) is 64.0 Å². The first-order valence-corrected chi connectivity index (χ1v) is 8.36. The summed E-state index contributed by atoms with van der Waals surface area (Å²) in [4.78, 5) is 18.4. The van der Waals surface area contributed by atoms with Crippen LogP contribution in [0.5, 0.6) is 0 Å². The van der Waals surface area contributed by atoms with E-state index >= 15 is 0 Å². The summed E-state index contributed by atoms with van der Waals surface area (Å²) >= 11 is 5.92. The maximum Gasteiger partial charge on any atom is 0.226 e. The lowest BCUT2D eigenvalue weighted by atomic mass is 9.93. The lowest BCUT2D eigenvalue weighted by molar-refractivity contribution is -0.122. The highest BCUT2D eigenvalue weighted by Gasteiger charge is 2.23. The van der Waals surface area contributed by atoms with Crippen molar-refractivity contribution >= 4 is 17.4 Å². The van der Waals surface area contributed by atoms with Crippen molar-refractivity contribution < 1.29 is 9.21 Å². The van der Waals surface area contributed by atoms with Gasteiger partial charge in [0.1, 0.15) is 11.5 Å². The summed E-state index contributed by atoms with van der Waals surface area (Å²) < 4.78 is 5.81. The topological polar surface area (TPSA) is 46.3 Å². The molecule has 0 aliphatic carbocycles. The first kappa shape index (κ1) is 16.2. The van der Waals surface area contributed by atoms with Gasteiger partial charge in [0.15, 0.2) is 0 Å². The van der Waals surface area contributed by atoms with Crippen molar-refractivity contribution in [2.24, 2.45) is 5.92 Å². The van der Waals surface area contributed by atoms with Gasteiger partial charge in [0.05, 0.1) is 5.69 Å². The minimum Gasteiger partial charge on any atom is -0.441 e. The molecule has 23 heavy (non-hydrogen) atoms. The van der Waals surface area contributed by atoms with Crippen LogP contribution in [-0.2, 0) is 11.3 Å². The number of oxazole rings is 1. The van der Waals surface area contributed by atoms with E-state index in [0.717, 1.165) is 49.5 Å². The Hall–Kier alpha value is -1.65. The Bertz CT molecular complexity index is 686. The number of rotatable bonds is 4. The highest BCUT2D eigenvalue weighted by atomic mass is 35.5. The molecule has 2 heterocycles. The maximum absolute atomic E-state index is 11.4. The molecule has 0 amide bonds. The number of benzene rings is 1. The third-order valence-corrected chi connectivity index (χ3v) is 4.77. The van der Waals surface area contributed by atoms with E-state index in [1.165, 1.54) is 0 Å². The molecule has 0 unspecified atom stereocenters. The summed E-state index contributed by atoms with van der Waals surface area (Å²) in [6.45, 7) is 6.29. The minimum atomic E-state index is 0.231. The van der Waals surface area contributed by atoms with E-state index in [0.29, 0.717) is 16.7 Å². The number of carbonyl (C=O) groups excluding carboxylic acids is 1. The van der Waals surface area contributed by atoms with Gasteiger partial charge >= 0.3 is 0 Å². The predicted octanol–water partition coefficient (Wildman–Crippen LogP) is 4.10. The molecular formula is C18H21ClN2O2. The molecule has 0 N–H and O–H groups in total. The highest BCUT2D eigenvalue weighted by Crippen LogP contribution is 2.25. The Kier molecular flexibility index (Phi) is 4.83. The maximum atomic E-state index is 11.4. The molecule has 0 atom stereocenters. The molecule has 0 spiro atoms. The molecule has 0 radical (unpaired) electrons. The number of piperidine rings is 1.